The second-order valence-corrected chi connectivity index (χ2v) is 5.28. The molecule has 0 unspecified atom stereocenters. The van der Waals surface area contributed by atoms with Gasteiger partial charge >= 0.3 is 0 Å². The smallest absolute Gasteiger partial charge is 0.271 e. The van der Waals surface area contributed by atoms with Crippen LogP contribution in [0.25, 0.3) is 10.9 Å². The Morgan fingerprint density at radius 1 is 1.27 bits per heavy atom. The zero-order valence-electron chi connectivity index (χ0n) is 12.5. The van der Waals surface area contributed by atoms with Crippen molar-refractivity contribution in [3.63, 3.8) is 0 Å². The molecule has 2 aromatic heterocycles. The molecule has 0 radical (unpaired) electrons. The van der Waals surface area contributed by atoms with E-state index in [1.54, 1.807) is 0 Å². The van der Waals surface area contributed by atoms with E-state index in [0.717, 1.165) is 16.6 Å². The first-order valence-corrected chi connectivity index (χ1v) is 7.17. The fourth-order valence-electron chi connectivity index (χ4n) is 2.35. The summed E-state index contributed by atoms with van der Waals surface area (Å²) in [4.78, 5) is 19.9. The summed E-state index contributed by atoms with van der Waals surface area (Å²) in [6, 6.07) is 8.28. The highest BCUT2D eigenvalue weighted by Crippen LogP contribution is 2.21. The van der Waals surface area contributed by atoms with E-state index in [4.69, 9.17) is 0 Å². The van der Waals surface area contributed by atoms with Gasteiger partial charge in [-0.2, -0.15) is 5.10 Å². The molecule has 22 heavy (non-hydrogen) atoms. The second kappa shape index (κ2) is 5.93. The van der Waals surface area contributed by atoms with Gasteiger partial charge in [-0.15, -0.1) is 0 Å². The number of carbonyl (C=O) groups is 1. The topological polar surface area (TPSA) is 72.7 Å². The van der Waals surface area contributed by atoms with Crippen molar-refractivity contribution in [2.75, 3.05) is 0 Å². The van der Waals surface area contributed by atoms with E-state index in [1.165, 1.54) is 18.6 Å². The Labute approximate surface area is 128 Å². The average Bonchev–Trinajstić information content (AvgIpc) is 2.92. The van der Waals surface area contributed by atoms with Crippen LogP contribution >= 0.6 is 0 Å². The predicted molar refractivity (Wildman–Crippen MR) is 83.3 cm³/mol. The number of benzene rings is 1. The number of rotatable bonds is 4. The maximum Gasteiger partial charge on any atom is 0.271 e. The van der Waals surface area contributed by atoms with Crippen molar-refractivity contribution in [1.82, 2.24) is 25.1 Å². The summed E-state index contributed by atoms with van der Waals surface area (Å²) in [5.41, 5.74) is 2.22. The molecule has 1 aromatic carbocycles. The van der Waals surface area contributed by atoms with Crippen molar-refractivity contribution in [3.8, 4) is 0 Å². The summed E-state index contributed by atoms with van der Waals surface area (Å²) in [7, 11) is 0. The first-order chi connectivity index (χ1) is 10.7. The lowest BCUT2D eigenvalue weighted by Gasteiger charge is -2.06. The Morgan fingerprint density at radius 2 is 2.09 bits per heavy atom. The third kappa shape index (κ3) is 2.67. The van der Waals surface area contributed by atoms with Crippen LogP contribution in [0.1, 0.15) is 36.1 Å². The molecule has 1 N–H and O–H groups in total. The van der Waals surface area contributed by atoms with E-state index < -0.39 is 0 Å². The summed E-state index contributed by atoms with van der Waals surface area (Å²) in [5, 5.41) is 8.51. The molecule has 6 nitrogen and oxygen atoms in total. The van der Waals surface area contributed by atoms with Gasteiger partial charge in [0.1, 0.15) is 5.69 Å². The van der Waals surface area contributed by atoms with Crippen molar-refractivity contribution >= 4 is 16.8 Å². The molecule has 0 saturated heterocycles. The van der Waals surface area contributed by atoms with Crippen LogP contribution in [0.5, 0.6) is 0 Å². The lowest BCUT2D eigenvalue weighted by atomic mass is 10.2. The summed E-state index contributed by atoms with van der Waals surface area (Å²) in [6.07, 6.45) is 4.48. The van der Waals surface area contributed by atoms with Crippen molar-refractivity contribution in [3.05, 3.63) is 54.2 Å². The van der Waals surface area contributed by atoms with E-state index in [9.17, 15) is 4.79 Å². The minimum atomic E-state index is -0.253. The van der Waals surface area contributed by atoms with Gasteiger partial charge in [-0.3, -0.25) is 14.5 Å². The minimum absolute atomic E-state index is 0.253. The van der Waals surface area contributed by atoms with E-state index in [1.807, 2.05) is 28.9 Å². The molecule has 0 spiro atoms. The number of amides is 1. The molecule has 3 rings (SSSR count). The van der Waals surface area contributed by atoms with Crippen molar-refractivity contribution in [1.29, 1.82) is 0 Å². The van der Waals surface area contributed by atoms with E-state index in [-0.39, 0.29) is 11.9 Å². The van der Waals surface area contributed by atoms with E-state index in [0.29, 0.717) is 12.2 Å². The number of hydrogen-bond acceptors (Lipinski definition) is 4. The maximum absolute atomic E-state index is 12.0. The predicted octanol–water partition coefficient (Wildman–Crippen LogP) is 2.34. The molecule has 0 fully saturated rings. The number of aromatic nitrogens is 4. The third-order valence-electron chi connectivity index (χ3n) is 3.39. The largest absolute Gasteiger partial charge is 0.345 e. The van der Waals surface area contributed by atoms with Gasteiger partial charge in [0.2, 0.25) is 0 Å². The van der Waals surface area contributed by atoms with Crippen molar-refractivity contribution in [2.24, 2.45) is 0 Å². The fourth-order valence-corrected chi connectivity index (χ4v) is 2.35. The molecule has 0 atom stereocenters. The molecule has 6 heteroatoms. The Kier molecular flexibility index (Phi) is 3.82. The Morgan fingerprint density at radius 3 is 2.82 bits per heavy atom. The van der Waals surface area contributed by atoms with Gasteiger partial charge < -0.3 is 5.32 Å². The first kappa shape index (κ1) is 14.2. The average molecular weight is 295 g/mol. The fraction of sp³-hybridized carbons (Fsp3) is 0.250. The summed E-state index contributed by atoms with van der Waals surface area (Å²) < 4.78 is 1.97. The van der Waals surface area contributed by atoms with Crippen LogP contribution in [0.3, 0.4) is 0 Å². The maximum atomic E-state index is 12.0. The van der Waals surface area contributed by atoms with Crippen molar-refractivity contribution < 1.29 is 4.79 Å². The molecule has 112 valence electrons. The number of nitrogens with zero attached hydrogens (tertiary/aromatic N) is 4. The van der Waals surface area contributed by atoms with Crippen LogP contribution in [-0.4, -0.2) is 25.7 Å². The Bertz CT molecular complexity index is 795. The highest BCUT2D eigenvalue weighted by molar-refractivity contribution is 5.92. The van der Waals surface area contributed by atoms with E-state index in [2.05, 4.69) is 34.2 Å². The third-order valence-corrected chi connectivity index (χ3v) is 3.39. The highest BCUT2D eigenvalue weighted by Gasteiger charge is 2.13. The van der Waals surface area contributed by atoms with Gasteiger partial charge in [0.25, 0.3) is 5.91 Å². The zero-order valence-corrected chi connectivity index (χ0v) is 12.5. The van der Waals surface area contributed by atoms with Crippen LogP contribution < -0.4 is 5.32 Å². The molecular weight excluding hydrogens is 278 g/mol. The number of para-hydroxylation sites is 1. The Balaban J connectivity index is 1.84. The molecule has 3 aromatic rings. The standard InChI is InChI=1S/C16H17N5O/c1-11(2)21-15-6-4-3-5-12(15)13(20-21)10-19-16(22)14-9-17-7-8-18-14/h3-9,11H,10H2,1-2H3,(H,19,22). The number of hydrogen-bond donors (Lipinski definition) is 1. The van der Waals surface area contributed by atoms with Gasteiger partial charge in [0.15, 0.2) is 0 Å². The van der Waals surface area contributed by atoms with Crippen LogP contribution in [0.4, 0.5) is 0 Å². The summed E-state index contributed by atoms with van der Waals surface area (Å²) in [5.74, 6) is -0.253. The molecule has 0 saturated carbocycles. The lowest BCUT2D eigenvalue weighted by Crippen LogP contribution is -2.24. The quantitative estimate of drug-likeness (QED) is 0.802. The van der Waals surface area contributed by atoms with Crippen LogP contribution in [0, 0.1) is 0 Å². The second-order valence-electron chi connectivity index (χ2n) is 5.28. The minimum Gasteiger partial charge on any atom is -0.345 e. The molecule has 0 bridgehead atoms. The van der Waals surface area contributed by atoms with E-state index >= 15 is 0 Å². The summed E-state index contributed by atoms with van der Waals surface area (Å²) >= 11 is 0. The zero-order chi connectivity index (χ0) is 15.5. The summed E-state index contributed by atoms with van der Waals surface area (Å²) in [6.45, 7) is 4.53. The molecule has 0 aliphatic heterocycles. The van der Waals surface area contributed by atoms with Crippen molar-refractivity contribution in [2.45, 2.75) is 26.4 Å². The number of carbonyl (C=O) groups excluding carboxylic acids is 1. The number of fused-ring (bicyclic) bond motifs is 1. The molecule has 0 aliphatic rings. The van der Waals surface area contributed by atoms with Crippen LogP contribution in [0.2, 0.25) is 0 Å². The first-order valence-electron chi connectivity index (χ1n) is 7.17. The monoisotopic (exact) mass is 295 g/mol. The molecule has 2 heterocycles. The van der Waals surface area contributed by atoms with Crippen LogP contribution in [0.15, 0.2) is 42.9 Å². The van der Waals surface area contributed by atoms with Gasteiger partial charge in [-0.05, 0) is 19.9 Å². The Hall–Kier alpha value is -2.76. The van der Waals surface area contributed by atoms with Gasteiger partial charge in [0, 0.05) is 23.8 Å². The highest BCUT2D eigenvalue weighted by atomic mass is 16.1. The lowest BCUT2D eigenvalue weighted by molar-refractivity contribution is 0.0945. The normalized spacial score (nSPS) is 11.0. The van der Waals surface area contributed by atoms with Gasteiger partial charge in [0.05, 0.1) is 24.0 Å². The number of nitrogens with one attached hydrogen (secondary N) is 1. The molecular formula is C16H17N5O. The van der Waals surface area contributed by atoms with Gasteiger partial charge in [-0.1, -0.05) is 18.2 Å². The SMILES string of the molecule is CC(C)n1nc(CNC(=O)c2cnccn2)c2ccccc21. The molecule has 1 amide bonds. The molecule has 0 aliphatic carbocycles. The van der Waals surface area contributed by atoms with Crippen LogP contribution in [-0.2, 0) is 6.54 Å². The van der Waals surface area contributed by atoms with Gasteiger partial charge in [-0.25, -0.2) is 4.98 Å².